The maximum absolute atomic E-state index is 11.3. The van der Waals surface area contributed by atoms with Crippen molar-refractivity contribution in [3.8, 4) is 17.6 Å². The highest BCUT2D eigenvalue weighted by molar-refractivity contribution is 14.1. The molecule has 0 aromatic heterocycles. The van der Waals surface area contributed by atoms with E-state index in [1.807, 2.05) is 56.4 Å². The smallest absolute Gasteiger partial charge is 0.333 e. The Bertz CT molecular complexity index is 940. The van der Waals surface area contributed by atoms with E-state index >= 15 is 0 Å². The van der Waals surface area contributed by atoms with E-state index in [0.29, 0.717) is 39.3 Å². The summed E-state index contributed by atoms with van der Waals surface area (Å²) >= 11 is 2.18. The van der Waals surface area contributed by atoms with Crippen LogP contribution in [0.2, 0.25) is 0 Å². The van der Waals surface area contributed by atoms with E-state index in [2.05, 4.69) is 34.4 Å². The fourth-order valence-corrected chi connectivity index (χ4v) is 4.02. The van der Waals surface area contributed by atoms with E-state index in [1.165, 1.54) is 0 Å². The first-order chi connectivity index (χ1) is 15.9. The monoisotopic (exact) mass is 566 g/mol. The molecule has 1 unspecified atom stereocenters. The zero-order valence-corrected chi connectivity index (χ0v) is 21.5. The van der Waals surface area contributed by atoms with Crippen molar-refractivity contribution in [2.45, 2.75) is 45.3 Å². The second-order valence-electron chi connectivity index (χ2n) is 7.16. The van der Waals surface area contributed by atoms with Crippen molar-refractivity contribution in [2.24, 2.45) is 0 Å². The lowest BCUT2D eigenvalue weighted by molar-refractivity contribution is -0.149. The molecule has 0 spiro atoms. The lowest BCUT2D eigenvalue weighted by Gasteiger charge is -2.28. The van der Waals surface area contributed by atoms with Crippen LogP contribution in [0.15, 0.2) is 54.3 Å². The highest BCUT2D eigenvalue weighted by Crippen LogP contribution is 2.27. The molecule has 0 fully saturated rings. The average molecular weight is 566 g/mol. The summed E-state index contributed by atoms with van der Waals surface area (Å²) in [6.07, 6.45) is 9.47. The van der Waals surface area contributed by atoms with Gasteiger partial charge in [-0.3, -0.25) is 0 Å². The number of hydrogen-bond donors (Lipinski definition) is 1. The van der Waals surface area contributed by atoms with Crippen molar-refractivity contribution in [1.82, 2.24) is 0 Å². The van der Waals surface area contributed by atoms with E-state index < -0.39 is 17.7 Å². The Labute approximate surface area is 209 Å². The molecule has 1 aromatic carbocycles. The van der Waals surface area contributed by atoms with Gasteiger partial charge in [0.05, 0.1) is 10.2 Å². The molecular formula is C26H31IO6. The van der Waals surface area contributed by atoms with Crippen LogP contribution < -0.4 is 4.74 Å². The molecule has 0 radical (unpaired) electrons. The second-order valence-corrected chi connectivity index (χ2v) is 8.32. The van der Waals surface area contributed by atoms with Gasteiger partial charge in [0.2, 0.25) is 0 Å². The van der Waals surface area contributed by atoms with E-state index in [4.69, 9.17) is 18.9 Å². The minimum absolute atomic E-state index is 0.311. The molecule has 6 nitrogen and oxygen atoms in total. The quantitative estimate of drug-likeness (QED) is 0.286. The molecule has 1 N–H and O–H groups in total. The standard InChI is InChI=1S/C26H31IO6/c1-4-30-21-11-10-15-26(19-21,33-6-3)14-8-7-9-16-32-23-13-12-20(17-22(23)27)18-24(25(28)29)31-5-2/h7,9-13,15,17,24H,4-6,16,18-19H2,1-3H3,(H,28,29)/t24-,26?/m0/s1. The molecule has 1 aromatic rings. The van der Waals surface area contributed by atoms with Gasteiger partial charge < -0.3 is 24.1 Å². The van der Waals surface area contributed by atoms with Crippen LogP contribution in [0.1, 0.15) is 32.8 Å². The van der Waals surface area contributed by atoms with Crippen LogP contribution in [0.3, 0.4) is 0 Å². The highest BCUT2D eigenvalue weighted by Gasteiger charge is 2.29. The number of hydrogen-bond acceptors (Lipinski definition) is 5. The number of rotatable bonds is 12. The van der Waals surface area contributed by atoms with Gasteiger partial charge in [0, 0.05) is 26.1 Å². The van der Waals surface area contributed by atoms with Crippen LogP contribution in [-0.2, 0) is 25.4 Å². The molecule has 0 saturated heterocycles. The summed E-state index contributed by atoms with van der Waals surface area (Å²) in [5.74, 6) is 6.89. The molecule has 0 heterocycles. The van der Waals surface area contributed by atoms with Crippen LogP contribution >= 0.6 is 22.6 Å². The predicted molar refractivity (Wildman–Crippen MR) is 136 cm³/mol. The van der Waals surface area contributed by atoms with E-state index in [9.17, 15) is 9.90 Å². The summed E-state index contributed by atoms with van der Waals surface area (Å²) in [7, 11) is 0. The average Bonchev–Trinajstić information content (AvgIpc) is 2.77. The van der Waals surface area contributed by atoms with Crippen LogP contribution in [0.4, 0.5) is 0 Å². The molecular weight excluding hydrogens is 535 g/mol. The largest absolute Gasteiger partial charge is 0.498 e. The number of carboxylic acid groups (broad SMARTS) is 1. The fourth-order valence-electron chi connectivity index (χ4n) is 3.28. The number of carbonyl (C=O) groups is 1. The van der Waals surface area contributed by atoms with Gasteiger partial charge >= 0.3 is 5.97 Å². The Balaban J connectivity index is 1.93. The summed E-state index contributed by atoms with van der Waals surface area (Å²) in [6.45, 7) is 7.57. The second kappa shape index (κ2) is 14.1. The highest BCUT2D eigenvalue weighted by atomic mass is 127. The van der Waals surface area contributed by atoms with E-state index in [1.54, 1.807) is 13.0 Å². The molecule has 0 amide bonds. The molecule has 178 valence electrons. The Morgan fingerprint density at radius 3 is 2.73 bits per heavy atom. The molecule has 1 aliphatic carbocycles. The molecule has 0 bridgehead atoms. The first kappa shape index (κ1) is 27.0. The molecule has 2 rings (SSSR count). The summed E-state index contributed by atoms with van der Waals surface area (Å²) in [5.41, 5.74) is 0.205. The van der Waals surface area contributed by atoms with E-state index in [-0.39, 0.29) is 0 Å². The molecule has 2 atom stereocenters. The minimum atomic E-state index is -0.960. The molecule has 0 saturated carbocycles. The summed E-state index contributed by atoms with van der Waals surface area (Å²) in [6, 6.07) is 5.62. The van der Waals surface area contributed by atoms with Crippen molar-refractivity contribution in [3.05, 3.63) is 63.5 Å². The van der Waals surface area contributed by atoms with Gasteiger partial charge in [-0.15, -0.1) is 0 Å². The molecule has 7 heteroatoms. The normalized spacial score (nSPS) is 18.4. The van der Waals surface area contributed by atoms with Gasteiger partial charge in [-0.05, 0) is 85.4 Å². The van der Waals surface area contributed by atoms with Crippen LogP contribution in [0.25, 0.3) is 0 Å². The van der Waals surface area contributed by atoms with Gasteiger partial charge in [0.25, 0.3) is 0 Å². The topological polar surface area (TPSA) is 74.2 Å². The Hall–Kier alpha value is -2.28. The minimum Gasteiger partial charge on any atom is -0.498 e. The predicted octanol–water partition coefficient (Wildman–Crippen LogP) is 4.92. The third kappa shape index (κ3) is 8.88. The third-order valence-corrected chi connectivity index (χ3v) is 5.54. The van der Waals surface area contributed by atoms with E-state index in [0.717, 1.165) is 20.6 Å². The number of carboxylic acids is 1. The van der Waals surface area contributed by atoms with Crippen molar-refractivity contribution in [1.29, 1.82) is 0 Å². The van der Waals surface area contributed by atoms with Crippen molar-refractivity contribution < 1.29 is 28.8 Å². The fraction of sp³-hybridized carbons (Fsp3) is 0.423. The number of aliphatic carboxylic acids is 1. The van der Waals surface area contributed by atoms with Crippen molar-refractivity contribution >= 4 is 28.6 Å². The van der Waals surface area contributed by atoms with Crippen molar-refractivity contribution in [3.63, 3.8) is 0 Å². The van der Waals surface area contributed by atoms with Crippen molar-refractivity contribution in [2.75, 3.05) is 26.4 Å². The molecule has 1 aliphatic rings. The lowest BCUT2D eigenvalue weighted by Crippen LogP contribution is -2.31. The first-order valence-electron chi connectivity index (χ1n) is 11.0. The van der Waals surface area contributed by atoms with Gasteiger partial charge in [-0.1, -0.05) is 24.0 Å². The van der Waals surface area contributed by atoms with Crippen LogP contribution in [0.5, 0.6) is 5.75 Å². The van der Waals surface area contributed by atoms with Gasteiger partial charge in [-0.2, -0.15) is 0 Å². The number of ether oxygens (including phenoxy) is 4. The summed E-state index contributed by atoms with van der Waals surface area (Å²) in [5, 5.41) is 9.25. The maximum Gasteiger partial charge on any atom is 0.333 e. The zero-order valence-electron chi connectivity index (χ0n) is 19.3. The van der Waals surface area contributed by atoms with Gasteiger partial charge in [0.15, 0.2) is 11.7 Å². The van der Waals surface area contributed by atoms with Crippen LogP contribution in [0, 0.1) is 15.4 Å². The zero-order chi connectivity index (χ0) is 24.1. The maximum atomic E-state index is 11.3. The summed E-state index contributed by atoms with van der Waals surface area (Å²) < 4.78 is 23.6. The number of benzene rings is 1. The Morgan fingerprint density at radius 1 is 1.24 bits per heavy atom. The lowest BCUT2D eigenvalue weighted by atomic mass is 9.94. The van der Waals surface area contributed by atoms with Crippen LogP contribution in [-0.4, -0.2) is 49.2 Å². The Morgan fingerprint density at radius 2 is 2.06 bits per heavy atom. The molecule has 0 aliphatic heterocycles. The SMILES string of the molecule is CCOC1=CC=CC(C#CC=CCOc2ccc(C[C@H](OCC)C(=O)O)cc2I)(OCC)C1. The Kier molecular flexibility index (Phi) is 11.5. The third-order valence-electron chi connectivity index (χ3n) is 4.70. The number of allylic oxidation sites excluding steroid dienone is 3. The summed E-state index contributed by atoms with van der Waals surface area (Å²) in [4.78, 5) is 11.3. The molecule has 33 heavy (non-hydrogen) atoms. The number of halogens is 1. The first-order valence-corrected chi connectivity index (χ1v) is 12.1. The van der Waals surface area contributed by atoms with Gasteiger partial charge in [0.1, 0.15) is 18.1 Å². The van der Waals surface area contributed by atoms with Gasteiger partial charge in [-0.25, -0.2) is 4.79 Å².